The number of amides is 1. The van der Waals surface area contributed by atoms with Gasteiger partial charge in [-0.3, -0.25) is 9.89 Å². The van der Waals surface area contributed by atoms with Crippen LogP contribution in [0.5, 0.6) is 0 Å². The number of nitrogens with one attached hydrogen (secondary N) is 2. The Balaban J connectivity index is 1.35. The summed E-state index contributed by atoms with van der Waals surface area (Å²) in [4.78, 5) is 17.7. The summed E-state index contributed by atoms with van der Waals surface area (Å²) in [5, 5.41) is 18.7. The maximum Gasteiger partial charge on any atom is 0.222 e. The number of aryl methyl sites for hydroxylation is 1. The third-order valence-corrected chi connectivity index (χ3v) is 5.23. The summed E-state index contributed by atoms with van der Waals surface area (Å²) in [7, 11) is 0. The fraction of sp³-hybridized carbons (Fsp3) is 0.368. The Kier molecular flexibility index (Phi) is 4.05. The maximum atomic E-state index is 12.5. The number of likely N-dealkylation sites (tertiary alicyclic amines) is 1. The van der Waals surface area contributed by atoms with Crippen molar-refractivity contribution in [2.45, 2.75) is 31.3 Å². The molecule has 0 spiro atoms. The molecule has 4 rings (SSSR count). The molecule has 0 atom stereocenters. The van der Waals surface area contributed by atoms with E-state index in [1.54, 1.807) is 12.3 Å². The van der Waals surface area contributed by atoms with E-state index >= 15 is 0 Å². The molecule has 6 heteroatoms. The summed E-state index contributed by atoms with van der Waals surface area (Å²) in [6, 6.07) is 9.94. The number of aromatic amines is 2. The van der Waals surface area contributed by atoms with E-state index in [9.17, 15) is 9.90 Å². The van der Waals surface area contributed by atoms with Crippen LogP contribution in [0.25, 0.3) is 10.9 Å². The van der Waals surface area contributed by atoms with Gasteiger partial charge in [0.05, 0.1) is 5.69 Å². The van der Waals surface area contributed by atoms with E-state index in [1.807, 2.05) is 29.3 Å². The molecule has 1 aliphatic heterocycles. The van der Waals surface area contributed by atoms with Crippen LogP contribution in [0.4, 0.5) is 0 Å². The number of para-hydroxylation sites is 1. The number of piperidine rings is 1. The molecule has 3 aromatic rings. The van der Waals surface area contributed by atoms with Crippen molar-refractivity contribution in [2.75, 3.05) is 13.1 Å². The number of aliphatic hydroxyl groups is 1. The lowest BCUT2D eigenvalue weighted by molar-refractivity contribution is -0.135. The first kappa shape index (κ1) is 15.9. The molecule has 3 heterocycles. The Morgan fingerprint density at radius 2 is 2.04 bits per heavy atom. The highest BCUT2D eigenvalue weighted by Gasteiger charge is 2.36. The molecule has 0 saturated carbocycles. The fourth-order valence-corrected chi connectivity index (χ4v) is 3.65. The van der Waals surface area contributed by atoms with Crippen LogP contribution in [0, 0.1) is 0 Å². The molecule has 130 valence electrons. The normalized spacial score (nSPS) is 17.1. The van der Waals surface area contributed by atoms with Gasteiger partial charge in [0, 0.05) is 42.8 Å². The monoisotopic (exact) mass is 338 g/mol. The van der Waals surface area contributed by atoms with Crippen LogP contribution >= 0.6 is 0 Å². The van der Waals surface area contributed by atoms with Crippen molar-refractivity contribution in [3.8, 4) is 0 Å². The van der Waals surface area contributed by atoms with Gasteiger partial charge in [0.25, 0.3) is 0 Å². The summed E-state index contributed by atoms with van der Waals surface area (Å²) < 4.78 is 0. The van der Waals surface area contributed by atoms with E-state index in [0.717, 1.165) is 17.6 Å². The Bertz CT molecular complexity index is 861. The average Bonchev–Trinajstić information content (AvgIpc) is 3.31. The van der Waals surface area contributed by atoms with Crippen LogP contribution in [0.15, 0.2) is 42.7 Å². The van der Waals surface area contributed by atoms with Crippen molar-refractivity contribution in [1.29, 1.82) is 0 Å². The zero-order chi connectivity index (χ0) is 17.3. The van der Waals surface area contributed by atoms with Crippen LogP contribution in [0.1, 0.15) is 30.5 Å². The van der Waals surface area contributed by atoms with Gasteiger partial charge in [-0.25, -0.2) is 0 Å². The topological polar surface area (TPSA) is 85.0 Å². The lowest BCUT2D eigenvalue weighted by Crippen LogP contribution is -2.45. The number of hydrogen-bond donors (Lipinski definition) is 3. The van der Waals surface area contributed by atoms with Crippen molar-refractivity contribution >= 4 is 16.8 Å². The lowest BCUT2D eigenvalue weighted by atomic mass is 9.88. The molecule has 1 saturated heterocycles. The first-order valence-corrected chi connectivity index (χ1v) is 8.71. The minimum Gasteiger partial charge on any atom is -0.383 e. The quantitative estimate of drug-likeness (QED) is 0.682. The molecule has 1 amide bonds. The number of fused-ring (bicyclic) bond motifs is 1. The molecule has 0 bridgehead atoms. The predicted molar refractivity (Wildman–Crippen MR) is 94.9 cm³/mol. The maximum absolute atomic E-state index is 12.5. The molecule has 1 fully saturated rings. The van der Waals surface area contributed by atoms with Crippen molar-refractivity contribution in [3.05, 3.63) is 54.0 Å². The van der Waals surface area contributed by atoms with E-state index < -0.39 is 5.60 Å². The standard InChI is InChI=1S/C19H22N4O2/c24-18(6-5-14-13-20-16-4-2-1-3-15(14)16)23-11-8-19(25,9-12-23)17-7-10-21-22-17/h1-4,7,10,13,20,25H,5-6,8-9,11-12H2,(H,21,22). The molecule has 1 aromatic carbocycles. The average molecular weight is 338 g/mol. The Morgan fingerprint density at radius 3 is 2.80 bits per heavy atom. The van der Waals surface area contributed by atoms with Crippen LogP contribution in [0.3, 0.4) is 0 Å². The third kappa shape index (κ3) is 3.05. The van der Waals surface area contributed by atoms with Gasteiger partial charge in [-0.15, -0.1) is 0 Å². The molecule has 25 heavy (non-hydrogen) atoms. The zero-order valence-corrected chi connectivity index (χ0v) is 14.0. The number of aromatic nitrogens is 3. The summed E-state index contributed by atoms with van der Waals surface area (Å²) in [6.07, 6.45) is 5.92. The number of nitrogens with zero attached hydrogens (tertiary/aromatic N) is 2. The number of rotatable bonds is 4. The van der Waals surface area contributed by atoms with E-state index in [4.69, 9.17) is 0 Å². The second-order valence-electron chi connectivity index (χ2n) is 6.74. The van der Waals surface area contributed by atoms with Gasteiger partial charge in [0.15, 0.2) is 0 Å². The Labute approximate surface area is 145 Å². The molecule has 0 aliphatic carbocycles. The molecular weight excluding hydrogens is 316 g/mol. The number of carbonyl (C=O) groups is 1. The summed E-state index contributed by atoms with van der Waals surface area (Å²) in [5.41, 5.74) is 2.12. The van der Waals surface area contributed by atoms with Crippen LogP contribution < -0.4 is 0 Å². The second-order valence-corrected chi connectivity index (χ2v) is 6.74. The van der Waals surface area contributed by atoms with E-state index in [0.29, 0.717) is 32.4 Å². The fourth-order valence-electron chi connectivity index (χ4n) is 3.65. The highest BCUT2D eigenvalue weighted by atomic mass is 16.3. The Hall–Kier alpha value is -2.60. The van der Waals surface area contributed by atoms with Crippen LogP contribution in [-0.2, 0) is 16.8 Å². The number of hydrogen-bond acceptors (Lipinski definition) is 3. The van der Waals surface area contributed by atoms with Gasteiger partial charge >= 0.3 is 0 Å². The Morgan fingerprint density at radius 1 is 1.24 bits per heavy atom. The molecule has 3 N–H and O–H groups in total. The SMILES string of the molecule is O=C(CCc1c[nH]c2ccccc12)N1CCC(O)(c2ccn[nH]2)CC1. The molecular formula is C19H22N4O2. The number of carbonyl (C=O) groups excluding carboxylic acids is 1. The van der Waals surface area contributed by atoms with E-state index in [2.05, 4.69) is 21.2 Å². The minimum absolute atomic E-state index is 0.150. The summed E-state index contributed by atoms with van der Waals surface area (Å²) >= 11 is 0. The minimum atomic E-state index is -0.899. The number of H-pyrrole nitrogens is 2. The van der Waals surface area contributed by atoms with Crippen LogP contribution in [0.2, 0.25) is 0 Å². The van der Waals surface area contributed by atoms with Crippen LogP contribution in [-0.4, -0.2) is 44.2 Å². The first-order chi connectivity index (χ1) is 12.2. The highest BCUT2D eigenvalue weighted by Crippen LogP contribution is 2.31. The van der Waals surface area contributed by atoms with Crippen molar-refractivity contribution in [1.82, 2.24) is 20.1 Å². The predicted octanol–water partition coefficient (Wildman–Crippen LogP) is 2.33. The zero-order valence-electron chi connectivity index (χ0n) is 14.0. The smallest absolute Gasteiger partial charge is 0.222 e. The largest absolute Gasteiger partial charge is 0.383 e. The highest BCUT2D eigenvalue weighted by molar-refractivity contribution is 5.84. The third-order valence-electron chi connectivity index (χ3n) is 5.23. The van der Waals surface area contributed by atoms with Gasteiger partial charge in [-0.05, 0) is 37.0 Å². The van der Waals surface area contributed by atoms with Gasteiger partial charge in [-0.1, -0.05) is 18.2 Å². The van der Waals surface area contributed by atoms with E-state index in [1.165, 1.54) is 10.9 Å². The molecule has 6 nitrogen and oxygen atoms in total. The number of benzene rings is 1. The lowest BCUT2D eigenvalue weighted by Gasteiger charge is -2.37. The summed E-state index contributed by atoms with van der Waals surface area (Å²) in [5.74, 6) is 0.150. The van der Waals surface area contributed by atoms with Crippen molar-refractivity contribution in [3.63, 3.8) is 0 Å². The second kappa shape index (κ2) is 6.37. The van der Waals surface area contributed by atoms with Crippen molar-refractivity contribution < 1.29 is 9.90 Å². The summed E-state index contributed by atoms with van der Waals surface area (Å²) in [6.45, 7) is 1.14. The first-order valence-electron chi connectivity index (χ1n) is 8.71. The van der Waals surface area contributed by atoms with Gasteiger partial charge in [0.1, 0.15) is 5.60 Å². The molecule has 0 unspecified atom stereocenters. The molecule has 2 aromatic heterocycles. The van der Waals surface area contributed by atoms with Crippen molar-refractivity contribution in [2.24, 2.45) is 0 Å². The van der Waals surface area contributed by atoms with Gasteiger partial charge < -0.3 is 15.0 Å². The van der Waals surface area contributed by atoms with Gasteiger partial charge in [-0.2, -0.15) is 5.10 Å². The molecule has 1 aliphatic rings. The van der Waals surface area contributed by atoms with E-state index in [-0.39, 0.29) is 5.91 Å². The van der Waals surface area contributed by atoms with Gasteiger partial charge in [0.2, 0.25) is 5.91 Å². The molecule has 0 radical (unpaired) electrons.